The lowest BCUT2D eigenvalue weighted by Crippen LogP contribution is -2.24. The van der Waals surface area contributed by atoms with E-state index in [1.54, 1.807) is 42.6 Å². The standard InChI is InChI=1S/C33H31F2N7O4/c1-41(2)12-6-9-23(43)14-20-7-5-8-21(13-20)18-42-31-22(17-37-33(40-31)39-27-10-11-36-19-38-27)15-24(32(42)44)28-29(34)25(45-3)16-26(46-4)30(28)35/h5-11,13,15-17,19H,12,14,18H2,1-4H3,(H,36,37,38,39,40)/b9-6+. The fourth-order valence-corrected chi connectivity index (χ4v) is 4.82. The van der Waals surface area contributed by atoms with Crippen LogP contribution in [0.1, 0.15) is 11.1 Å². The van der Waals surface area contributed by atoms with Gasteiger partial charge in [0.25, 0.3) is 5.56 Å². The first-order chi connectivity index (χ1) is 22.2. The predicted molar refractivity (Wildman–Crippen MR) is 170 cm³/mol. The molecule has 13 heteroatoms. The molecule has 0 amide bonds. The van der Waals surface area contributed by atoms with Crippen LogP contribution >= 0.6 is 0 Å². The van der Waals surface area contributed by atoms with E-state index in [9.17, 15) is 9.59 Å². The zero-order valence-corrected chi connectivity index (χ0v) is 25.6. The molecule has 0 unspecified atom stereocenters. The molecule has 5 aromatic rings. The van der Waals surface area contributed by atoms with Gasteiger partial charge in [-0.2, -0.15) is 4.98 Å². The molecule has 1 N–H and O–H groups in total. The van der Waals surface area contributed by atoms with Crippen molar-refractivity contribution in [2.75, 3.05) is 40.2 Å². The van der Waals surface area contributed by atoms with Gasteiger partial charge in [0, 0.05) is 36.8 Å². The highest BCUT2D eigenvalue weighted by atomic mass is 19.1. The fourth-order valence-electron chi connectivity index (χ4n) is 4.82. The SMILES string of the molecule is COc1cc(OC)c(F)c(-c2cc3cnc(Nc4ccncn4)nc3n(Cc3cccc(CC(=O)/C=C/CN(C)C)c3)c2=O)c1F. The van der Waals surface area contributed by atoms with E-state index >= 15 is 8.78 Å². The second-order valence-electron chi connectivity index (χ2n) is 10.6. The number of allylic oxidation sites excluding steroid dienone is 1. The number of anilines is 2. The minimum Gasteiger partial charge on any atom is -0.494 e. The van der Waals surface area contributed by atoms with Crippen molar-refractivity contribution in [1.82, 2.24) is 29.4 Å². The molecule has 0 aliphatic rings. The third-order valence-electron chi connectivity index (χ3n) is 6.98. The van der Waals surface area contributed by atoms with E-state index in [1.165, 1.54) is 37.4 Å². The zero-order valence-electron chi connectivity index (χ0n) is 25.6. The van der Waals surface area contributed by atoms with Gasteiger partial charge in [-0.15, -0.1) is 0 Å². The molecule has 0 saturated heterocycles. The maximum Gasteiger partial charge on any atom is 0.260 e. The van der Waals surface area contributed by atoms with Crippen LogP contribution in [0.5, 0.6) is 11.5 Å². The van der Waals surface area contributed by atoms with Crippen molar-refractivity contribution < 1.29 is 23.0 Å². The Labute approximate surface area is 263 Å². The van der Waals surface area contributed by atoms with Crippen LogP contribution in [0.25, 0.3) is 22.2 Å². The van der Waals surface area contributed by atoms with Gasteiger partial charge < -0.3 is 19.7 Å². The number of pyridine rings is 1. The second-order valence-corrected chi connectivity index (χ2v) is 10.6. The van der Waals surface area contributed by atoms with Gasteiger partial charge in [0.05, 0.1) is 31.9 Å². The maximum absolute atomic E-state index is 15.6. The number of fused-ring (bicyclic) bond motifs is 1. The minimum absolute atomic E-state index is 0.0318. The number of hydrogen-bond acceptors (Lipinski definition) is 10. The summed E-state index contributed by atoms with van der Waals surface area (Å²) in [4.78, 5) is 45.6. The number of rotatable bonds is 12. The summed E-state index contributed by atoms with van der Waals surface area (Å²) in [5, 5.41) is 3.30. The van der Waals surface area contributed by atoms with Crippen molar-refractivity contribution in [2.24, 2.45) is 0 Å². The van der Waals surface area contributed by atoms with Crippen LogP contribution in [0, 0.1) is 11.6 Å². The van der Waals surface area contributed by atoms with Gasteiger partial charge in [0.15, 0.2) is 28.9 Å². The van der Waals surface area contributed by atoms with E-state index in [1.807, 2.05) is 25.1 Å². The summed E-state index contributed by atoms with van der Waals surface area (Å²) in [6, 6.07) is 11.2. The van der Waals surface area contributed by atoms with Crippen molar-refractivity contribution in [3.8, 4) is 22.6 Å². The lowest BCUT2D eigenvalue weighted by molar-refractivity contribution is -0.114. The third kappa shape index (κ3) is 7.05. The summed E-state index contributed by atoms with van der Waals surface area (Å²) < 4.78 is 42.8. The second kappa shape index (κ2) is 14.0. The molecule has 2 aromatic carbocycles. The average Bonchev–Trinajstić information content (AvgIpc) is 3.04. The van der Waals surface area contributed by atoms with Crippen LogP contribution in [-0.4, -0.2) is 70.0 Å². The molecule has 3 aromatic heterocycles. The van der Waals surface area contributed by atoms with Crippen LogP contribution < -0.4 is 20.3 Å². The number of nitrogens with one attached hydrogen (secondary N) is 1. The highest BCUT2D eigenvalue weighted by Crippen LogP contribution is 2.37. The predicted octanol–water partition coefficient (Wildman–Crippen LogP) is 4.57. The summed E-state index contributed by atoms with van der Waals surface area (Å²) in [5.41, 5.74) is -0.0115. The number of hydrogen-bond donors (Lipinski definition) is 1. The Morgan fingerprint density at radius 3 is 2.43 bits per heavy atom. The van der Waals surface area contributed by atoms with Crippen LogP contribution in [0.15, 0.2) is 78.1 Å². The average molecular weight is 628 g/mol. The Morgan fingerprint density at radius 2 is 1.76 bits per heavy atom. The molecule has 0 aliphatic heterocycles. The Morgan fingerprint density at radius 1 is 1.02 bits per heavy atom. The van der Waals surface area contributed by atoms with Crippen molar-refractivity contribution in [1.29, 1.82) is 0 Å². The van der Waals surface area contributed by atoms with E-state index in [2.05, 4.69) is 25.3 Å². The summed E-state index contributed by atoms with van der Waals surface area (Å²) in [5.74, 6) is -2.23. The molecular weight excluding hydrogens is 596 g/mol. The number of aromatic nitrogens is 5. The highest BCUT2D eigenvalue weighted by Gasteiger charge is 2.25. The number of nitrogens with zero attached hydrogens (tertiary/aromatic N) is 6. The van der Waals surface area contributed by atoms with Crippen molar-refractivity contribution in [3.63, 3.8) is 0 Å². The quantitative estimate of drug-likeness (QED) is 0.197. The molecule has 0 bridgehead atoms. The Balaban J connectivity index is 1.63. The monoisotopic (exact) mass is 627 g/mol. The molecule has 3 heterocycles. The van der Waals surface area contributed by atoms with Gasteiger partial charge in [0.1, 0.15) is 17.8 Å². The zero-order chi connectivity index (χ0) is 32.8. The van der Waals surface area contributed by atoms with E-state index in [4.69, 9.17) is 9.47 Å². The first kappa shape index (κ1) is 31.9. The van der Waals surface area contributed by atoms with Gasteiger partial charge in [-0.05, 0) is 43.4 Å². The van der Waals surface area contributed by atoms with Gasteiger partial charge in [-0.25, -0.2) is 23.7 Å². The summed E-state index contributed by atoms with van der Waals surface area (Å²) in [6.45, 7) is 0.602. The molecule has 0 atom stereocenters. The Kier molecular flexibility index (Phi) is 9.72. The molecule has 11 nitrogen and oxygen atoms in total. The van der Waals surface area contributed by atoms with E-state index in [0.717, 1.165) is 11.6 Å². The van der Waals surface area contributed by atoms with Crippen LogP contribution in [0.4, 0.5) is 20.5 Å². The van der Waals surface area contributed by atoms with Crippen LogP contribution in [0.3, 0.4) is 0 Å². The molecule has 46 heavy (non-hydrogen) atoms. The number of carbonyl (C=O) groups excluding carboxylic acids is 1. The number of carbonyl (C=O) groups is 1. The Bertz CT molecular complexity index is 1950. The molecule has 5 rings (SSSR count). The number of methoxy groups -OCH3 is 2. The number of ether oxygens (including phenoxy) is 2. The smallest absolute Gasteiger partial charge is 0.260 e. The summed E-state index contributed by atoms with van der Waals surface area (Å²) in [6.07, 6.45) is 7.83. The summed E-state index contributed by atoms with van der Waals surface area (Å²) in [7, 11) is 6.28. The molecule has 0 radical (unpaired) electrons. The fraction of sp³-hybridized carbons (Fsp3) is 0.212. The molecule has 0 spiro atoms. The molecular formula is C33H31F2N7O4. The lowest BCUT2D eigenvalue weighted by Gasteiger charge is -2.16. The van der Waals surface area contributed by atoms with Crippen LogP contribution in [-0.2, 0) is 17.8 Å². The van der Waals surface area contributed by atoms with E-state index in [0.29, 0.717) is 23.3 Å². The number of benzene rings is 2. The topological polar surface area (TPSA) is 124 Å². The van der Waals surface area contributed by atoms with E-state index in [-0.39, 0.29) is 47.4 Å². The first-order valence-electron chi connectivity index (χ1n) is 14.1. The van der Waals surface area contributed by atoms with Crippen LogP contribution in [0.2, 0.25) is 0 Å². The summed E-state index contributed by atoms with van der Waals surface area (Å²) >= 11 is 0. The molecule has 0 aliphatic carbocycles. The van der Waals surface area contributed by atoms with Crippen molar-refractivity contribution >= 4 is 28.6 Å². The number of ketones is 1. The Hall–Kier alpha value is -5.56. The molecule has 0 saturated carbocycles. The number of likely N-dealkylation sites (N-methyl/N-ethyl adjacent to an activating group) is 1. The normalized spacial score (nSPS) is 11.4. The van der Waals surface area contributed by atoms with E-state index < -0.39 is 22.8 Å². The molecule has 0 fully saturated rings. The first-order valence-corrected chi connectivity index (χ1v) is 14.1. The van der Waals surface area contributed by atoms with Gasteiger partial charge >= 0.3 is 0 Å². The van der Waals surface area contributed by atoms with Gasteiger partial charge in [-0.1, -0.05) is 30.3 Å². The van der Waals surface area contributed by atoms with Crippen molar-refractivity contribution in [2.45, 2.75) is 13.0 Å². The largest absolute Gasteiger partial charge is 0.494 e. The maximum atomic E-state index is 15.6. The lowest BCUT2D eigenvalue weighted by atomic mass is 10.0. The van der Waals surface area contributed by atoms with Crippen molar-refractivity contribution in [3.05, 3.63) is 106 Å². The minimum atomic E-state index is -1.06. The number of halogens is 2. The third-order valence-corrected chi connectivity index (χ3v) is 6.98. The highest BCUT2D eigenvalue weighted by molar-refractivity contribution is 5.91. The molecule has 236 valence electrons. The van der Waals surface area contributed by atoms with Gasteiger partial charge in [-0.3, -0.25) is 14.2 Å². The van der Waals surface area contributed by atoms with Gasteiger partial charge in [0.2, 0.25) is 5.95 Å².